The van der Waals surface area contributed by atoms with Crippen LogP contribution in [0.2, 0.25) is 0 Å². The van der Waals surface area contributed by atoms with Gasteiger partial charge in [-0.15, -0.1) is 11.8 Å². The van der Waals surface area contributed by atoms with E-state index in [1.807, 2.05) is 0 Å². The molecule has 0 aromatic heterocycles. The molecule has 3 amide bonds. The first-order valence-electron chi connectivity index (χ1n) is 14.0. The molecule has 3 N–H and O–H groups in total. The van der Waals surface area contributed by atoms with Crippen LogP contribution < -0.4 is 25.4 Å². The van der Waals surface area contributed by atoms with Crippen molar-refractivity contribution < 1.29 is 28.7 Å². The molecule has 0 bridgehead atoms. The summed E-state index contributed by atoms with van der Waals surface area (Å²) in [5, 5.41) is 7.99. The minimum absolute atomic E-state index is 0.0242. The fraction of sp³-hybridized carbons (Fsp3) is 0.143. The standard InChI is InChI=1S/C35H33N3O6S/c1-22(39)25-11-13-27(14-12-25)36-33(40)23(2)45-29-17-15-28(16-18-29)37-35(42)30(38-34(41)26-8-6-5-7-9-26)20-24-10-19-31(43-3)32(21-24)44-4/h5-21,23H,1-4H3,(H,36,40)(H,37,42)(H,38,41)/b30-20-. The molecule has 0 aliphatic heterocycles. The van der Waals surface area contributed by atoms with Crippen LogP contribution in [0.25, 0.3) is 6.08 Å². The van der Waals surface area contributed by atoms with Gasteiger partial charge in [0.1, 0.15) is 5.70 Å². The van der Waals surface area contributed by atoms with Crippen molar-refractivity contribution in [1.29, 1.82) is 0 Å². The predicted molar refractivity (Wildman–Crippen MR) is 177 cm³/mol. The molecular weight excluding hydrogens is 590 g/mol. The van der Waals surface area contributed by atoms with E-state index < -0.39 is 17.1 Å². The highest BCUT2D eigenvalue weighted by Crippen LogP contribution is 2.29. The Kier molecular flexibility index (Phi) is 11.1. The average Bonchev–Trinajstić information content (AvgIpc) is 3.05. The molecule has 4 rings (SSSR count). The SMILES string of the molecule is COc1ccc(/C=C(\NC(=O)c2ccccc2)C(=O)Nc2ccc(SC(C)C(=O)Nc3ccc(C(C)=O)cc3)cc2)cc1OC. The molecule has 0 saturated carbocycles. The molecule has 10 heteroatoms. The van der Waals surface area contributed by atoms with Gasteiger partial charge in [-0.25, -0.2) is 0 Å². The van der Waals surface area contributed by atoms with Crippen molar-refractivity contribution in [3.8, 4) is 11.5 Å². The van der Waals surface area contributed by atoms with Gasteiger partial charge in [0.05, 0.1) is 19.5 Å². The molecule has 0 aliphatic rings. The van der Waals surface area contributed by atoms with Crippen LogP contribution in [-0.2, 0) is 9.59 Å². The molecule has 0 aliphatic carbocycles. The zero-order chi connectivity index (χ0) is 32.3. The van der Waals surface area contributed by atoms with Gasteiger partial charge >= 0.3 is 0 Å². The summed E-state index contributed by atoms with van der Waals surface area (Å²) in [6.07, 6.45) is 1.55. The lowest BCUT2D eigenvalue weighted by Crippen LogP contribution is -2.30. The second-order valence-electron chi connectivity index (χ2n) is 9.85. The average molecular weight is 624 g/mol. The Morgan fingerprint density at radius 1 is 0.733 bits per heavy atom. The third-order valence-corrected chi connectivity index (χ3v) is 7.71. The molecule has 4 aromatic carbocycles. The third kappa shape index (κ3) is 9.07. The number of hydrogen-bond donors (Lipinski definition) is 3. The Hall–Kier alpha value is -5.35. The summed E-state index contributed by atoms with van der Waals surface area (Å²) in [4.78, 5) is 51.4. The van der Waals surface area contributed by atoms with Crippen molar-refractivity contribution >= 4 is 52.7 Å². The van der Waals surface area contributed by atoms with E-state index in [0.29, 0.717) is 39.6 Å². The number of carbonyl (C=O) groups is 4. The lowest BCUT2D eigenvalue weighted by atomic mass is 10.1. The van der Waals surface area contributed by atoms with Gasteiger partial charge < -0.3 is 25.4 Å². The lowest BCUT2D eigenvalue weighted by Gasteiger charge is -2.14. The number of hydrogen-bond acceptors (Lipinski definition) is 7. The number of Topliss-reactive ketones (excluding diaryl/α,β-unsaturated/α-hetero) is 1. The fourth-order valence-corrected chi connectivity index (χ4v) is 5.02. The van der Waals surface area contributed by atoms with E-state index in [0.717, 1.165) is 4.90 Å². The maximum absolute atomic E-state index is 13.4. The van der Waals surface area contributed by atoms with E-state index >= 15 is 0 Å². The van der Waals surface area contributed by atoms with E-state index in [1.54, 1.807) is 110 Å². The number of ketones is 1. The van der Waals surface area contributed by atoms with E-state index in [2.05, 4.69) is 16.0 Å². The van der Waals surface area contributed by atoms with Crippen molar-refractivity contribution in [2.24, 2.45) is 0 Å². The van der Waals surface area contributed by atoms with E-state index in [9.17, 15) is 19.2 Å². The van der Waals surface area contributed by atoms with Crippen LogP contribution in [0.5, 0.6) is 11.5 Å². The van der Waals surface area contributed by atoms with Gasteiger partial charge in [-0.05, 0) is 98.3 Å². The normalized spacial score (nSPS) is 11.6. The lowest BCUT2D eigenvalue weighted by molar-refractivity contribution is -0.115. The van der Waals surface area contributed by atoms with Crippen LogP contribution in [0, 0.1) is 0 Å². The maximum Gasteiger partial charge on any atom is 0.272 e. The number of nitrogens with one attached hydrogen (secondary N) is 3. The summed E-state index contributed by atoms with van der Waals surface area (Å²) < 4.78 is 10.7. The summed E-state index contributed by atoms with van der Waals surface area (Å²) in [5.74, 6) is -0.195. The third-order valence-electron chi connectivity index (χ3n) is 6.60. The van der Waals surface area contributed by atoms with Crippen LogP contribution in [-0.4, -0.2) is 43.0 Å². The monoisotopic (exact) mass is 623 g/mol. The van der Waals surface area contributed by atoms with Crippen molar-refractivity contribution in [2.45, 2.75) is 24.0 Å². The summed E-state index contributed by atoms with van der Waals surface area (Å²) in [7, 11) is 3.04. The molecule has 230 valence electrons. The van der Waals surface area contributed by atoms with Crippen LogP contribution in [0.4, 0.5) is 11.4 Å². The van der Waals surface area contributed by atoms with Crippen molar-refractivity contribution in [2.75, 3.05) is 24.9 Å². The van der Waals surface area contributed by atoms with Crippen LogP contribution in [0.3, 0.4) is 0 Å². The Labute approximate surface area is 266 Å². The zero-order valence-corrected chi connectivity index (χ0v) is 26.1. The highest BCUT2D eigenvalue weighted by molar-refractivity contribution is 8.00. The largest absolute Gasteiger partial charge is 0.493 e. The van der Waals surface area contributed by atoms with Gasteiger partial charge in [-0.2, -0.15) is 0 Å². The minimum atomic E-state index is -0.530. The first-order valence-corrected chi connectivity index (χ1v) is 14.8. The van der Waals surface area contributed by atoms with Crippen LogP contribution >= 0.6 is 11.8 Å². The molecule has 0 radical (unpaired) electrons. The summed E-state index contributed by atoms with van der Waals surface area (Å²) in [6, 6.07) is 27.5. The molecule has 1 atom stereocenters. The number of anilines is 2. The van der Waals surface area contributed by atoms with E-state index in [-0.39, 0.29) is 17.4 Å². The van der Waals surface area contributed by atoms with E-state index in [4.69, 9.17) is 9.47 Å². The highest BCUT2D eigenvalue weighted by Gasteiger charge is 2.17. The second-order valence-corrected chi connectivity index (χ2v) is 11.3. The van der Waals surface area contributed by atoms with E-state index in [1.165, 1.54) is 32.9 Å². The minimum Gasteiger partial charge on any atom is -0.493 e. The number of ether oxygens (including phenoxy) is 2. The molecule has 0 heterocycles. The quantitative estimate of drug-likeness (QED) is 0.0944. The van der Waals surface area contributed by atoms with Gasteiger partial charge in [-0.1, -0.05) is 24.3 Å². The highest BCUT2D eigenvalue weighted by atomic mass is 32.2. The first kappa shape index (κ1) is 32.6. The molecule has 0 spiro atoms. The summed E-state index contributed by atoms with van der Waals surface area (Å²) in [6.45, 7) is 3.28. The predicted octanol–water partition coefficient (Wildman–Crippen LogP) is 6.44. The maximum atomic E-state index is 13.4. The van der Waals surface area contributed by atoms with Crippen molar-refractivity contribution in [1.82, 2.24) is 5.32 Å². The number of thioether (sulfide) groups is 1. The van der Waals surface area contributed by atoms with Gasteiger partial charge in [-0.3, -0.25) is 19.2 Å². The van der Waals surface area contributed by atoms with Gasteiger partial charge in [0.15, 0.2) is 17.3 Å². The Morgan fingerprint density at radius 3 is 1.98 bits per heavy atom. The van der Waals surface area contributed by atoms with Gasteiger partial charge in [0.2, 0.25) is 5.91 Å². The molecule has 45 heavy (non-hydrogen) atoms. The second kappa shape index (κ2) is 15.4. The van der Waals surface area contributed by atoms with Crippen molar-refractivity contribution in [3.63, 3.8) is 0 Å². The molecule has 9 nitrogen and oxygen atoms in total. The Morgan fingerprint density at radius 2 is 1.36 bits per heavy atom. The molecule has 0 saturated heterocycles. The number of rotatable bonds is 12. The number of carbonyl (C=O) groups excluding carboxylic acids is 4. The van der Waals surface area contributed by atoms with Crippen molar-refractivity contribution in [3.05, 3.63) is 119 Å². The summed E-state index contributed by atoms with van der Waals surface area (Å²) >= 11 is 1.36. The van der Waals surface area contributed by atoms with Crippen LogP contribution in [0.1, 0.15) is 40.1 Å². The Bertz CT molecular complexity index is 1700. The molecule has 1 unspecified atom stereocenters. The van der Waals surface area contributed by atoms with Gasteiger partial charge in [0, 0.05) is 27.4 Å². The smallest absolute Gasteiger partial charge is 0.272 e. The van der Waals surface area contributed by atoms with Gasteiger partial charge in [0.25, 0.3) is 11.8 Å². The topological polar surface area (TPSA) is 123 Å². The molecule has 0 fully saturated rings. The molecular formula is C35H33N3O6S. The summed E-state index contributed by atoms with van der Waals surface area (Å²) in [5.41, 5.74) is 2.71. The number of amides is 3. The fourth-order valence-electron chi connectivity index (χ4n) is 4.16. The first-order chi connectivity index (χ1) is 21.7. The number of methoxy groups -OCH3 is 2. The zero-order valence-electron chi connectivity index (χ0n) is 25.3. The Balaban J connectivity index is 1.45. The number of benzene rings is 4. The molecule has 4 aromatic rings. The van der Waals surface area contributed by atoms with Crippen LogP contribution in [0.15, 0.2) is 108 Å².